The molecule has 1 unspecified atom stereocenters. The third-order valence-corrected chi connectivity index (χ3v) is 4.42. The molecule has 1 fully saturated rings. The predicted molar refractivity (Wildman–Crippen MR) is 120 cm³/mol. The molecule has 0 radical (unpaired) electrons. The molecule has 9 heteroatoms. The van der Waals surface area contributed by atoms with Crippen molar-refractivity contribution in [3.05, 3.63) is 35.6 Å². The molecule has 1 aromatic rings. The average molecular weight is 507 g/mol. The summed E-state index contributed by atoms with van der Waals surface area (Å²) >= 11 is 0. The number of ether oxygens (including phenoxy) is 1. The van der Waals surface area contributed by atoms with Crippen molar-refractivity contribution in [2.75, 3.05) is 60.0 Å². The van der Waals surface area contributed by atoms with E-state index in [1.165, 1.54) is 17.0 Å². The second-order valence-electron chi connectivity index (χ2n) is 6.58. The molecular weight excluding hydrogens is 476 g/mol. The molecule has 28 heavy (non-hydrogen) atoms. The molecule has 0 spiro atoms. The minimum atomic E-state index is -0.246. The Morgan fingerprint density at radius 2 is 1.89 bits per heavy atom. The van der Waals surface area contributed by atoms with Crippen molar-refractivity contribution in [3.63, 3.8) is 0 Å². The average Bonchev–Trinajstić information content (AvgIpc) is 2.68. The van der Waals surface area contributed by atoms with E-state index in [1.54, 1.807) is 14.1 Å². The summed E-state index contributed by atoms with van der Waals surface area (Å²) in [4.78, 5) is 20.0. The van der Waals surface area contributed by atoms with Crippen LogP contribution in [0.15, 0.2) is 29.3 Å². The predicted octanol–water partition coefficient (Wildman–Crippen LogP) is 1.46. The van der Waals surface area contributed by atoms with Crippen LogP contribution < -0.4 is 10.6 Å². The zero-order valence-electron chi connectivity index (χ0n) is 16.8. The van der Waals surface area contributed by atoms with Crippen molar-refractivity contribution in [3.8, 4) is 0 Å². The third kappa shape index (κ3) is 7.88. The lowest BCUT2D eigenvalue weighted by molar-refractivity contribution is -0.127. The zero-order valence-corrected chi connectivity index (χ0v) is 19.1. The number of rotatable bonds is 7. The summed E-state index contributed by atoms with van der Waals surface area (Å²) in [6.07, 6.45) is 0. The third-order valence-electron chi connectivity index (χ3n) is 4.42. The standard InChI is InChI=1S/C19H30FN5O2.HI/c1-4-21-19(23-14-18(26)24(2)3)22-13-17(25-9-11-27-12-10-25)15-5-7-16(20)8-6-15;/h5-8,17H,4,9-14H2,1-3H3,(H2,21,22,23);1H. The molecule has 158 valence electrons. The normalized spacial score (nSPS) is 16.1. The number of hydrogen-bond acceptors (Lipinski definition) is 4. The van der Waals surface area contributed by atoms with E-state index < -0.39 is 0 Å². The maximum atomic E-state index is 13.3. The summed E-state index contributed by atoms with van der Waals surface area (Å²) in [6, 6.07) is 6.66. The summed E-state index contributed by atoms with van der Waals surface area (Å²) in [6.45, 7) is 6.35. The molecule has 1 aliphatic rings. The van der Waals surface area contributed by atoms with Gasteiger partial charge in [0.2, 0.25) is 5.91 Å². The minimum absolute atomic E-state index is 0. The molecule has 0 aromatic heterocycles. The number of guanidine groups is 1. The van der Waals surface area contributed by atoms with Crippen LogP contribution in [0.2, 0.25) is 0 Å². The maximum absolute atomic E-state index is 13.3. The van der Waals surface area contributed by atoms with E-state index >= 15 is 0 Å². The van der Waals surface area contributed by atoms with Crippen LogP contribution in [-0.2, 0) is 9.53 Å². The molecule has 1 saturated heterocycles. The number of amides is 1. The van der Waals surface area contributed by atoms with Gasteiger partial charge in [0, 0.05) is 40.3 Å². The van der Waals surface area contributed by atoms with Gasteiger partial charge in [-0.2, -0.15) is 0 Å². The number of morpholine rings is 1. The van der Waals surface area contributed by atoms with Gasteiger partial charge < -0.3 is 20.3 Å². The van der Waals surface area contributed by atoms with E-state index in [1.807, 2.05) is 19.1 Å². The first-order valence-electron chi connectivity index (χ1n) is 9.31. The molecule has 2 N–H and O–H groups in total. The second-order valence-corrected chi connectivity index (χ2v) is 6.58. The molecule has 0 bridgehead atoms. The van der Waals surface area contributed by atoms with E-state index in [0.29, 0.717) is 32.3 Å². The number of nitrogens with zero attached hydrogens (tertiary/aromatic N) is 3. The van der Waals surface area contributed by atoms with Gasteiger partial charge in [0.05, 0.1) is 19.3 Å². The Bertz CT molecular complexity index is 621. The van der Waals surface area contributed by atoms with E-state index in [9.17, 15) is 9.18 Å². The van der Waals surface area contributed by atoms with Crippen LogP contribution in [0.4, 0.5) is 4.39 Å². The number of likely N-dealkylation sites (N-methyl/N-ethyl adjacent to an activating group) is 1. The van der Waals surface area contributed by atoms with Crippen molar-refractivity contribution in [2.24, 2.45) is 4.99 Å². The Morgan fingerprint density at radius 1 is 1.25 bits per heavy atom. The smallest absolute Gasteiger partial charge is 0.243 e. The zero-order chi connectivity index (χ0) is 19.6. The quantitative estimate of drug-likeness (QED) is 0.333. The number of halogens is 2. The van der Waals surface area contributed by atoms with Gasteiger partial charge >= 0.3 is 0 Å². The van der Waals surface area contributed by atoms with Crippen LogP contribution in [0.1, 0.15) is 18.5 Å². The van der Waals surface area contributed by atoms with Gasteiger partial charge in [0.1, 0.15) is 12.4 Å². The number of nitrogens with one attached hydrogen (secondary N) is 2. The van der Waals surface area contributed by atoms with Crippen LogP contribution in [0.5, 0.6) is 0 Å². The van der Waals surface area contributed by atoms with Gasteiger partial charge in [-0.25, -0.2) is 9.38 Å². The van der Waals surface area contributed by atoms with Crippen LogP contribution in [-0.4, -0.2) is 81.7 Å². The number of aliphatic imine (C=N–C) groups is 1. The number of carbonyl (C=O) groups is 1. The summed E-state index contributed by atoms with van der Waals surface area (Å²) in [5.74, 6) is 0.285. The molecule has 2 rings (SSSR count). The van der Waals surface area contributed by atoms with Crippen molar-refractivity contribution >= 4 is 35.8 Å². The van der Waals surface area contributed by atoms with Crippen LogP contribution in [0.25, 0.3) is 0 Å². The molecule has 1 aromatic carbocycles. The van der Waals surface area contributed by atoms with Gasteiger partial charge in [-0.15, -0.1) is 24.0 Å². The number of hydrogen-bond donors (Lipinski definition) is 2. The Labute approximate surface area is 183 Å². The highest BCUT2D eigenvalue weighted by molar-refractivity contribution is 14.0. The fraction of sp³-hybridized carbons (Fsp3) is 0.579. The monoisotopic (exact) mass is 507 g/mol. The highest BCUT2D eigenvalue weighted by Gasteiger charge is 2.23. The summed E-state index contributed by atoms with van der Waals surface area (Å²) in [5.41, 5.74) is 1.03. The number of carbonyl (C=O) groups excluding carboxylic acids is 1. The van der Waals surface area contributed by atoms with E-state index in [-0.39, 0.29) is 48.3 Å². The Morgan fingerprint density at radius 3 is 2.46 bits per heavy atom. The van der Waals surface area contributed by atoms with Crippen molar-refractivity contribution in [2.45, 2.75) is 13.0 Å². The van der Waals surface area contributed by atoms with Crippen molar-refractivity contribution in [1.82, 2.24) is 20.4 Å². The highest BCUT2D eigenvalue weighted by Crippen LogP contribution is 2.21. The largest absolute Gasteiger partial charge is 0.379 e. The molecule has 1 atom stereocenters. The highest BCUT2D eigenvalue weighted by atomic mass is 127. The Balaban J connectivity index is 0.00000392. The Hall–Kier alpha value is -1.46. The maximum Gasteiger partial charge on any atom is 0.243 e. The number of benzene rings is 1. The van der Waals surface area contributed by atoms with Crippen LogP contribution in [0.3, 0.4) is 0 Å². The van der Waals surface area contributed by atoms with Crippen LogP contribution in [0, 0.1) is 5.82 Å². The molecule has 7 nitrogen and oxygen atoms in total. The lowest BCUT2D eigenvalue weighted by atomic mass is 10.0. The molecule has 0 saturated carbocycles. The topological polar surface area (TPSA) is 69.2 Å². The van der Waals surface area contributed by atoms with Gasteiger partial charge in [-0.1, -0.05) is 12.1 Å². The van der Waals surface area contributed by atoms with Gasteiger partial charge in [-0.3, -0.25) is 9.69 Å². The second kappa shape index (κ2) is 12.9. The van der Waals surface area contributed by atoms with E-state index in [4.69, 9.17) is 4.74 Å². The first-order chi connectivity index (χ1) is 13.0. The molecule has 0 aliphatic carbocycles. The lowest BCUT2D eigenvalue weighted by Crippen LogP contribution is -2.46. The van der Waals surface area contributed by atoms with Gasteiger partial charge in [0.25, 0.3) is 0 Å². The first kappa shape index (κ1) is 24.6. The van der Waals surface area contributed by atoms with Crippen molar-refractivity contribution in [1.29, 1.82) is 0 Å². The molecule has 1 aliphatic heterocycles. The van der Waals surface area contributed by atoms with Crippen molar-refractivity contribution < 1.29 is 13.9 Å². The van der Waals surface area contributed by atoms with Gasteiger partial charge in [0.15, 0.2) is 5.96 Å². The van der Waals surface area contributed by atoms with Crippen LogP contribution >= 0.6 is 24.0 Å². The fourth-order valence-electron chi connectivity index (χ4n) is 2.86. The lowest BCUT2D eigenvalue weighted by Gasteiger charge is -2.35. The summed E-state index contributed by atoms with van der Waals surface area (Å²) in [7, 11) is 3.42. The fourth-order valence-corrected chi connectivity index (χ4v) is 2.86. The first-order valence-corrected chi connectivity index (χ1v) is 9.31. The molecule has 1 amide bonds. The SMILES string of the molecule is CCNC(=NCC(=O)N(C)C)NCC(c1ccc(F)cc1)N1CCOCC1.I. The minimum Gasteiger partial charge on any atom is -0.379 e. The molecule has 1 heterocycles. The van der Waals surface area contributed by atoms with E-state index in [0.717, 1.165) is 18.7 Å². The van der Waals surface area contributed by atoms with E-state index in [2.05, 4.69) is 20.5 Å². The summed E-state index contributed by atoms with van der Waals surface area (Å²) < 4.78 is 18.8. The Kier molecular flexibility index (Phi) is 11.3. The van der Waals surface area contributed by atoms with Gasteiger partial charge in [-0.05, 0) is 24.6 Å². The molecular formula is C19H31FIN5O2. The summed E-state index contributed by atoms with van der Waals surface area (Å²) in [5, 5.41) is 6.48.